The van der Waals surface area contributed by atoms with Crippen molar-refractivity contribution in [1.82, 2.24) is 39.9 Å². The van der Waals surface area contributed by atoms with Crippen LogP contribution in [0.5, 0.6) is 0 Å². The maximum absolute atomic E-state index is 4.78. The van der Waals surface area contributed by atoms with Gasteiger partial charge in [0, 0.05) is 22.1 Å². The summed E-state index contributed by atoms with van der Waals surface area (Å²) < 4.78 is 0. The van der Waals surface area contributed by atoms with Crippen molar-refractivity contribution < 1.29 is 0 Å². The van der Waals surface area contributed by atoms with Gasteiger partial charge in [-0.3, -0.25) is 0 Å². The van der Waals surface area contributed by atoms with E-state index < -0.39 is 0 Å². The van der Waals surface area contributed by atoms with Gasteiger partial charge in [-0.25, -0.2) is 19.9 Å². The average molecular weight is 595 g/mol. The predicted molar refractivity (Wildman–Crippen MR) is 189 cm³/mol. The zero-order valence-electron chi connectivity index (χ0n) is 24.5. The lowest BCUT2D eigenvalue weighted by Crippen LogP contribution is -1.77. The van der Waals surface area contributed by atoms with Crippen LogP contribution in [0.1, 0.15) is 45.6 Å². The minimum atomic E-state index is 0.864. The second-order valence-electron chi connectivity index (χ2n) is 11.4. The summed E-state index contributed by atoms with van der Waals surface area (Å²) >= 11 is 0. The first-order chi connectivity index (χ1) is 22.6. The van der Waals surface area contributed by atoms with Crippen molar-refractivity contribution in [3.8, 4) is 0 Å². The van der Waals surface area contributed by atoms with Gasteiger partial charge in [0.25, 0.3) is 0 Å². The minimum Gasteiger partial charge on any atom is -0.354 e. The van der Waals surface area contributed by atoms with E-state index in [4.69, 9.17) is 19.9 Å². The SMILES string of the molecule is C1=Cc2cc3ccc([nH]3)c3ccc(cc4nc(cc5nc(cc6ccc([nH]6)c6ccc(cc7nc(cc1n2)C=C7)[nH]6)C=C5)C=C4)[nH]3. The number of H-pyrrole nitrogens is 4. The van der Waals surface area contributed by atoms with E-state index in [9.17, 15) is 0 Å². The summed E-state index contributed by atoms with van der Waals surface area (Å²) in [7, 11) is 0. The van der Waals surface area contributed by atoms with Crippen molar-refractivity contribution in [2.75, 3.05) is 0 Å². The molecular weight excluding hydrogens is 568 g/mol. The van der Waals surface area contributed by atoms with Crippen molar-refractivity contribution in [2.24, 2.45) is 0 Å². The van der Waals surface area contributed by atoms with Crippen LogP contribution in [-0.4, -0.2) is 39.9 Å². The highest BCUT2D eigenvalue weighted by Crippen LogP contribution is 2.20. The molecule has 4 aliphatic heterocycles. The molecule has 0 aliphatic carbocycles. The summed E-state index contributed by atoms with van der Waals surface area (Å²) in [6.45, 7) is 0. The Morgan fingerprint density at radius 2 is 0.478 bits per heavy atom. The van der Waals surface area contributed by atoms with Gasteiger partial charge in [-0.2, -0.15) is 0 Å². The predicted octanol–water partition coefficient (Wildman–Crippen LogP) is 8.75. The monoisotopic (exact) mass is 594 g/mol. The fraction of sp³-hybridized carbons (Fsp3) is 0. The summed E-state index contributed by atoms with van der Waals surface area (Å²) in [6, 6.07) is 28.7. The van der Waals surface area contributed by atoms with E-state index in [1.807, 2.05) is 85.0 Å². The summed E-state index contributed by atoms with van der Waals surface area (Å²) in [5.41, 5.74) is 14.9. The van der Waals surface area contributed by atoms with Crippen LogP contribution < -0.4 is 0 Å². The number of aromatic nitrogens is 8. The Hall–Kier alpha value is -6.54. The second-order valence-corrected chi connectivity index (χ2v) is 11.4. The lowest BCUT2D eigenvalue weighted by molar-refractivity contribution is 1.27. The first-order valence-electron chi connectivity index (χ1n) is 15.0. The molecule has 16 bridgehead atoms. The normalized spacial score (nSPS) is 12.9. The van der Waals surface area contributed by atoms with Crippen LogP contribution in [0.4, 0.5) is 0 Å². The summed E-state index contributed by atoms with van der Waals surface area (Å²) in [5, 5.41) is 0. The third kappa shape index (κ3) is 5.24. The lowest BCUT2D eigenvalue weighted by atomic mass is 10.3. The third-order valence-corrected chi connectivity index (χ3v) is 7.95. The number of hydrogen-bond acceptors (Lipinski definition) is 4. The van der Waals surface area contributed by atoms with Crippen LogP contribution >= 0.6 is 0 Å². The van der Waals surface area contributed by atoms with Crippen molar-refractivity contribution in [3.63, 3.8) is 0 Å². The van der Waals surface area contributed by atoms with Crippen molar-refractivity contribution >= 4 is 92.7 Å². The minimum absolute atomic E-state index is 0.864. The molecule has 0 atom stereocenters. The first kappa shape index (κ1) is 25.9. The van der Waals surface area contributed by atoms with Crippen LogP contribution in [0.3, 0.4) is 0 Å². The van der Waals surface area contributed by atoms with Gasteiger partial charge in [-0.1, -0.05) is 0 Å². The van der Waals surface area contributed by atoms with Gasteiger partial charge < -0.3 is 19.9 Å². The second kappa shape index (κ2) is 10.6. The topological polar surface area (TPSA) is 115 Å². The molecule has 8 nitrogen and oxygen atoms in total. The third-order valence-electron chi connectivity index (χ3n) is 7.95. The molecule has 218 valence electrons. The fourth-order valence-electron chi connectivity index (χ4n) is 5.77. The molecular formula is C38H26N8. The molecule has 5 aromatic rings. The number of hydrogen-bond donors (Lipinski definition) is 4. The number of nitrogens with one attached hydrogen (secondary N) is 4. The average Bonchev–Trinajstić information content (AvgIpc) is 3.88. The Morgan fingerprint density at radius 3 is 0.717 bits per heavy atom. The van der Waals surface area contributed by atoms with Gasteiger partial charge >= 0.3 is 0 Å². The first-order valence-corrected chi connectivity index (χ1v) is 15.0. The van der Waals surface area contributed by atoms with Crippen LogP contribution in [0.2, 0.25) is 0 Å². The van der Waals surface area contributed by atoms with E-state index in [1.165, 1.54) is 0 Å². The zero-order chi connectivity index (χ0) is 30.5. The van der Waals surface area contributed by atoms with Gasteiger partial charge in [0.1, 0.15) is 0 Å². The van der Waals surface area contributed by atoms with Crippen molar-refractivity contribution in [1.29, 1.82) is 0 Å². The van der Waals surface area contributed by atoms with E-state index >= 15 is 0 Å². The van der Waals surface area contributed by atoms with Crippen LogP contribution in [0.15, 0.2) is 84.9 Å². The summed E-state index contributed by atoms with van der Waals surface area (Å²) in [5.74, 6) is 0. The van der Waals surface area contributed by atoms with E-state index in [0.29, 0.717) is 0 Å². The smallest absolute Gasteiger partial charge is 0.0659 e. The number of fused-ring (bicyclic) bond motifs is 18. The quantitative estimate of drug-likeness (QED) is 0.140. The van der Waals surface area contributed by atoms with E-state index in [2.05, 4.69) is 68.5 Å². The number of rotatable bonds is 0. The van der Waals surface area contributed by atoms with Gasteiger partial charge in [-0.05, 0) is 134 Å². The maximum atomic E-state index is 4.78. The molecule has 4 aliphatic rings. The van der Waals surface area contributed by atoms with Crippen molar-refractivity contribution in [3.05, 3.63) is 130 Å². The van der Waals surface area contributed by atoms with Crippen LogP contribution in [0, 0.1) is 0 Å². The van der Waals surface area contributed by atoms with E-state index in [1.54, 1.807) is 0 Å². The summed E-state index contributed by atoms with van der Waals surface area (Å²) in [4.78, 5) is 33.1. The Morgan fingerprint density at radius 1 is 0.261 bits per heavy atom. The number of nitrogens with zero attached hydrogens (tertiary/aromatic N) is 4. The van der Waals surface area contributed by atoms with Gasteiger partial charge in [0.2, 0.25) is 0 Å². The maximum Gasteiger partial charge on any atom is 0.0659 e. The largest absolute Gasteiger partial charge is 0.354 e. The Kier molecular flexibility index (Phi) is 5.95. The molecule has 0 spiro atoms. The Labute approximate surface area is 262 Å². The molecule has 0 amide bonds. The molecule has 4 N–H and O–H groups in total. The molecule has 5 aromatic heterocycles. The van der Waals surface area contributed by atoms with E-state index in [0.717, 1.165) is 89.7 Å². The highest BCUT2D eigenvalue weighted by molar-refractivity contribution is 5.84. The van der Waals surface area contributed by atoms with Crippen molar-refractivity contribution in [2.45, 2.75) is 0 Å². The zero-order valence-corrected chi connectivity index (χ0v) is 24.5. The van der Waals surface area contributed by atoms with E-state index in [-0.39, 0.29) is 0 Å². The lowest BCUT2D eigenvalue weighted by Gasteiger charge is -1.86. The highest BCUT2D eigenvalue weighted by Gasteiger charge is 2.05. The summed E-state index contributed by atoms with van der Waals surface area (Å²) in [6.07, 6.45) is 16.1. The molecule has 0 saturated heterocycles. The van der Waals surface area contributed by atoms with Gasteiger partial charge in [-0.15, -0.1) is 0 Å². The standard InChI is InChI=1S/C38H26N8/c1-5-27-19-31-9-13-35(43-31)36-14-11-33(45-36)21-29-7-3-25(41-29)18-26-4-8-30(42-26)22-34-12-16-38(46-34)37-15-10-32(44-37)20-28-6-2-24(40-28)17-23(1)39-27/h1-22,43-46H. The molecule has 0 radical (unpaired) electrons. The fourth-order valence-corrected chi connectivity index (χ4v) is 5.77. The van der Waals surface area contributed by atoms with Crippen LogP contribution in [0.25, 0.3) is 92.7 Å². The molecule has 9 heterocycles. The molecule has 9 rings (SSSR count). The molecule has 0 unspecified atom stereocenters. The van der Waals surface area contributed by atoms with Gasteiger partial charge in [0.05, 0.1) is 67.6 Å². The van der Waals surface area contributed by atoms with Crippen LogP contribution in [-0.2, 0) is 0 Å². The molecule has 0 saturated carbocycles. The number of aromatic amines is 4. The Bertz CT molecular complexity index is 2240. The molecule has 46 heavy (non-hydrogen) atoms. The molecule has 0 aromatic carbocycles. The van der Waals surface area contributed by atoms with Gasteiger partial charge in [0.15, 0.2) is 0 Å². The molecule has 8 heteroatoms. The highest BCUT2D eigenvalue weighted by atomic mass is 14.8. The molecule has 0 fully saturated rings. The Balaban J connectivity index is 1.20.